The predicted octanol–water partition coefficient (Wildman–Crippen LogP) is 9.67. The van der Waals surface area contributed by atoms with Gasteiger partial charge in [-0.05, 0) is 112 Å². The number of ether oxygens (including phenoxy) is 3. The Morgan fingerprint density at radius 3 is 1.93 bits per heavy atom. The van der Waals surface area contributed by atoms with E-state index in [9.17, 15) is 19.2 Å². The first-order valence-electron chi connectivity index (χ1n) is 18.5. The van der Waals surface area contributed by atoms with Gasteiger partial charge in [0.25, 0.3) is 5.91 Å². The summed E-state index contributed by atoms with van der Waals surface area (Å²) >= 11 is 0. The summed E-state index contributed by atoms with van der Waals surface area (Å²) in [7, 11) is 0. The highest BCUT2D eigenvalue weighted by Gasteiger charge is 2.25. The summed E-state index contributed by atoms with van der Waals surface area (Å²) in [4.78, 5) is 62.2. The van der Waals surface area contributed by atoms with Crippen molar-refractivity contribution < 1.29 is 33.4 Å². The molecule has 0 unspecified atom stereocenters. The lowest BCUT2D eigenvalue weighted by Crippen LogP contribution is -2.40. The summed E-state index contributed by atoms with van der Waals surface area (Å²) in [6.45, 7) is 24.0. The Labute approximate surface area is 330 Å². The number of aliphatic imine (C=N–C) groups is 1. The minimum Gasteiger partial charge on any atom is -0.444 e. The number of amides is 3. The van der Waals surface area contributed by atoms with Crippen LogP contribution in [0.3, 0.4) is 0 Å². The molecule has 12 nitrogen and oxygen atoms in total. The van der Waals surface area contributed by atoms with Gasteiger partial charge in [-0.1, -0.05) is 71.9 Å². The topological polar surface area (TPSA) is 149 Å². The van der Waals surface area contributed by atoms with Crippen LogP contribution in [0.25, 0.3) is 10.9 Å². The minimum absolute atomic E-state index is 0.0358. The quantitative estimate of drug-likeness (QED) is 0.0812. The molecule has 3 amide bonds. The highest BCUT2D eigenvalue weighted by Crippen LogP contribution is 2.26. The van der Waals surface area contributed by atoms with Crippen LogP contribution < -0.4 is 15.4 Å². The molecule has 0 atom stereocenters. The molecule has 4 aromatic rings. The number of benzene rings is 3. The Hall–Kier alpha value is -5.78. The average Bonchev–Trinajstić information content (AvgIpc) is 3.05. The maximum atomic E-state index is 13.9. The minimum atomic E-state index is -0.926. The van der Waals surface area contributed by atoms with Gasteiger partial charge in [0.15, 0.2) is 0 Å². The number of nitrogens with zero attached hydrogens (tertiary/aromatic N) is 3. The van der Waals surface area contributed by atoms with E-state index in [1.165, 1.54) is 17.7 Å². The van der Waals surface area contributed by atoms with E-state index in [0.717, 1.165) is 5.56 Å². The lowest BCUT2D eigenvalue weighted by molar-refractivity contribution is 0.0561. The highest BCUT2D eigenvalue weighted by atomic mass is 16.6. The van der Waals surface area contributed by atoms with Crippen molar-refractivity contribution in [2.75, 3.05) is 11.9 Å². The zero-order chi connectivity index (χ0) is 41.6. The van der Waals surface area contributed by atoms with Gasteiger partial charge in [-0.15, -0.1) is 4.99 Å². The zero-order valence-corrected chi connectivity index (χ0v) is 34.6. The number of carbonyl (C=O) groups is 4. The third-order valence-corrected chi connectivity index (χ3v) is 7.84. The predicted molar refractivity (Wildman–Crippen MR) is 219 cm³/mol. The molecular weight excluding hydrogens is 711 g/mol. The third kappa shape index (κ3) is 13.5. The molecule has 4 rings (SSSR count). The van der Waals surface area contributed by atoms with Gasteiger partial charge in [0.1, 0.15) is 22.6 Å². The first kappa shape index (κ1) is 43.0. The van der Waals surface area contributed by atoms with E-state index in [-0.39, 0.29) is 28.3 Å². The van der Waals surface area contributed by atoms with Gasteiger partial charge < -0.3 is 24.4 Å². The van der Waals surface area contributed by atoms with Gasteiger partial charge in [0.2, 0.25) is 5.96 Å². The third-order valence-electron chi connectivity index (χ3n) is 7.84. The van der Waals surface area contributed by atoms with Crippen LogP contribution in [-0.2, 0) is 21.4 Å². The molecule has 1 heterocycles. The van der Waals surface area contributed by atoms with Gasteiger partial charge in [-0.2, -0.15) is 0 Å². The van der Waals surface area contributed by atoms with Gasteiger partial charge in [-0.25, -0.2) is 19.4 Å². The highest BCUT2D eigenvalue weighted by molar-refractivity contribution is 6.06. The van der Waals surface area contributed by atoms with E-state index in [0.29, 0.717) is 41.1 Å². The molecule has 0 bridgehead atoms. The molecule has 0 fully saturated rings. The van der Waals surface area contributed by atoms with Crippen LogP contribution in [0.15, 0.2) is 83.9 Å². The summed E-state index contributed by atoms with van der Waals surface area (Å²) in [5.41, 5.74) is 2.13. The lowest BCUT2D eigenvalue weighted by Gasteiger charge is -2.30. The van der Waals surface area contributed by atoms with Crippen molar-refractivity contribution in [1.29, 1.82) is 0 Å². The number of pyridine rings is 1. The summed E-state index contributed by atoms with van der Waals surface area (Å²) < 4.78 is 16.2. The number of hydrogen-bond acceptors (Lipinski definition) is 8. The second-order valence-corrected chi connectivity index (χ2v) is 17.9. The van der Waals surface area contributed by atoms with E-state index in [1.54, 1.807) is 84.0 Å². The fourth-order valence-electron chi connectivity index (χ4n) is 5.41. The van der Waals surface area contributed by atoms with Crippen LogP contribution in [0.4, 0.5) is 15.3 Å². The van der Waals surface area contributed by atoms with Crippen molar-refractivity contribution in [2.24, 2.45) is 10.4 Å². The van der Waals surface area contributed by atoms with Crippen LogP contribution in [0.1, 0.15) is 115 Å². The zero-order valence-electron chi connectivity index (χ0n) is 34.6. The standard InChI is InChI=1S/C44H55N5O7/c1-41(2,3)27-49(26-28-13-18-31(19-14-28)42(4,5)6)36(50)35-23-17-30-25-33(22-24-34(30)46-35)54-37(51)29-15-20-32(21-16-29)45-38(47-39(52)55-43(7,8)9)48-40(53)56-44(10,11)12/h13-25H,26-27H2,1-12H3,(H2,45,47,48,52,53). The van der Waals surface area contributed by atoms with Crippen LogP contribution in [-0.4, -0.2) is 57.7 Å². The molecule has 0 saturated carbocycles. The molecule has 0 aliphatic rings. The number of anilines is 1. The van der Waals surface area contributed by atoms with Gasteiger partial charge >= 0.3 is 18.2 Å². The number of nitrogens with one attached hydrogen (secondary N) is 2. The summed E-state index contributed by atoms with van der Waals surface area (Å²) in [6, 6.07) is 23.1. The molecule has 0 aliphatic heterocycles. The number of guanidine groups is 1. The Kier molecular flexibility index (Phi) is 13.0. The average molecular weight is 766 g/mol. The number of esters is 1. The maximum Gasteiger partial charge on any atom is 0.437 e. The number of aromatic nitrogens is 1. The molecule has 0 radical (unpaired) electrons. The second kappa shape index (κ2) is 16.9. The molecule has 298 valence electrons. The Morgan fingerprint density at radius 1 is 0.732 bits per heavy atom. The molecule has 0 spiro atoms. The summed E-state index contributed by atoms with van der Waals surface area (Å²) in [5, 5.41) is 5.97. The van der Waals surface area contributed by atoms with E-state index in [2.05, 4.69) is 86.4 Å². The van der Waals surface area contributed by atoms with Crippen molar-refractivity contribution in [1.82, 2.24) is 15.2 Å². The Bertz CT molecular complexity index is 2080. The maximum absolute atomic E-state index is 13.9. The van der Waals surface area contributed by atoms with E-state index in [4.69, 9.17) is 14.2 Å². The first-order chi connectivity index (χ1) is 25.8. The van der Waals surface area contributed by atoms with Crippen molar-refractivity contribution in [3.05, 3.63) is 101 Å². The Morgan fingerprint density at radius 2 is 1.36 bits per heavy atom. The van der Waals surface area contributed by atoms with Gasteiger partial charge in [0, 0.05) is 24.2 Å². The molecule has 12 heteroatoms. The summed E-state index contributed by atoms with van der Waals surface area (Å²) in [5.74, 6) is -0.712. The molecule has 56 heavy (non-hydrogen) atoms. The Balaban J connectivity index is 1.46. The van der Waals surface area contributed by atoms with E-state index < -0.39 is 29.4 Å². The number of carbonyl (C=O) groups excluding carboxylic acids is 4. The normalized spacial score (nSPS) is 12.5. The second-order valence-electron chi connectivity index (χ2n) is 17.9. The number of hydrogen-bond donors (Lipinski definition) is 2. The van der Waals surface area contributed by atoms with Crippen molar-refractivity contribution in [3.8, 4) is 5.75 Å². The molecule has 0 saturated heterocycles. The number of fused-ring (bicyclic) bond motifs is 1. The first-order valence-corrected chi connectivity index (χ1v) is 18.5. The van der Waals surface area contributed by atoms with Crippen LogP contribution in [0, 0.1) is 5.41 Å². The monoisotopic (exact) mass is 765 g/mol. The molecule has 1 aromatic heterocycles. The van der Waals surface area contributed by atoms with Crippen molar-refractivity contribution in [3.63, 3.8) is 0 Å². The van der Waals surface area contributed by atoms with Crippen LogP contribution >= 0.6 is 0 Å². The van der Waals surface area contributed by atoms with Gasteiger partial charge in [-0.3, -0.25) is 10.1 Å². The van der Waals surface area contributed by atoms with E-state index >= 15 is 0 Å². The van der Waals surface area contributed by atoms with Crippen LogP contribution in [0.2, 0.25) is 0 Å². The van der Waals surface area contributed by atoms with E-state index in [1.807, 2.05) is 4.90 Å². The smallest absolute Gasteiger partial charge is 0.437 e. The molecule has 0 aliphatic carbocycles. The summed E-state index contributed by atoms with van der Waals surface area (Å²) in [6.07, 6.45) is -1.76. The van der Waals surface area contributed by atoms with Crippen LogP contribution in [0.5, 0.6) is 5.75 Å². The van der Waals surface area contributed by atoms with Crippen molar-refractivity contribution >= 4 is 46.6 Å². The molecular formula is C44H55N5O7. The van der Waals surface area contributed by atoms with Gasteiger partial charge in [0.05, 0.1) is 11.1 Å². The number of alkyl carbamates (subject to hydrolysis) is 1. The fraction of sp³-hybridized carbons (Fsp3) is 0.409. The van der Waals surface area contributed by atoms with Crippen molar-refractivity contribution in [2.45, 2.75) is 106 Å². The number of rotatable bonds is 7. The fourth-order valence-corrected chi connectivity index (χ4v) is 5.41. The largest absolute Gasteiger partial charge is 0.444 e. The SMILES string of the molecule is CC(C)(C)CN(Cc1ccc(C(C)(C)C)cc1)C(=O)c1ccc2cc(OC(=O)c3ccc(N/C(=N\C(=O)OC(C)(C)C)NC(=O)OC(C)(C)C)cc3)ccc2n1. The lowest BCUT2D eigenvalue weighted by atomic mass is 9.86. The molecule has 2 N–H and O–H groups in total. The molecule has 3 aromatic carbocycles.